The number of urea groups is 1. The first-order chi connectivity index (χ1) is 11.0. The maximum absolute atomic E-state index is 11.5. The monoisotopic (exact) mass is 311 g/mol. The number of amides is 4. The second-order valence-corrected chi connectivity index (χ2v) is 5.05. The lowest BCUT2D eigenvalue weighted by atomic mass is 10.1. The molecule has 6 heteroatoms. The van der Waals surface area contributed by atoms with Crippen molar-refractivity contribution in [2.45, 2.75) is 0 Å². The standard InChI is InChI=1S/C17H17N3O3/c1-20(2)13-10-8-12(9-11-13)6-4-3-5-7-14-15(21)18-17(23)19-16(14)22/h3-11H,1-2H3,(H2,18,19,21,22,23)/b5-3+,6-4+. The number of barbiturate groups is 1. The third-order valence-corrected chi connectivity index (χ3v) is 3.13. The summed E-state index contributed by atoms with van der Waals surface area (Å²) in [5.74, 6) is -1.40. The molecule has 0 saturated carbocycles. The number of nitrogens with zero attached hydrogens (tertiary/aromatic N) is 1. The molecule has 4 amide bonds. The van der Waals surface area contributed by atoms with Gasteiger partial charge in [0.1, 0.15) is 5.57 Å². The predicted molar refractivity (Wildman–Crippen MR) is 88.7 cm³/mol. The molecule has 2 rings (SSSR count). The Hall–Kier alpha value is -3.15. The van der Waals surface area contributed by atoms with Gasteiger partial charge in [-0.15, -0.1) is 0 Å². The summed E-state index contributed by atoms with van der Waals surface area (Å²) in [4.78, 5) is 35.9. The number of anilines is 1. The first-order valence-electron chi connectivity index (χ1n) is 6.96. The Kier molecular flexibility index (Phi) is 5.09. The molecule has 2 N–H and O–H groups in total. The minimum atomic E-state index is -0.804. The fourth-order valence-electron chi connectivity index (χ4n) is 1.89. The number of imide groups is 2. The molecule has 118 valence electrons. The number of carbonyl (C=O) groups excluding carboxylic acids is 3. The predicted octanol–water partition coefficient (Wildman–Crippen LogP) is 1.61. The van der Waals surface area contributed by atoms with Crippen LogP contribution in [0.2, 0.25) is 0 Å². The molecular weight excluding hydrogens is 294 g/mol. The molecule has 0 unspecified atom stereocenters. The second kappa shape index (κ2) is 7.22. The lowest BCUT2D eigenvalue weighted by Gasteiger charge is -2.12. The van der Waals surface area contributed by atoms with Gasteiger partial charge in [0.25, 0.3) is 11.8 Å². The zero-order valence-corrected chi connectivity index (χ0v) is 12.9. The topological polar surface area (TPSA) is 78.5 Å². The van der Waals surface area contributed by atoms with Crippen LogP contribution in [-0.2, 0) is 9.59 Å². The Bertz CT molecular complexity index is 691. The first-order valence-corrected chi connectivity index (χ1v) is 6.96. The molecule has 1 aromatic rings. The first kappa shape index (κ1) is 16.2. The smallest absolute Gasteiger partial charge is 0.328 e. The van der Waals surface area contributed by atoms with Crippen LogP contribution >= 0.6 is 0 Å². The molecule has 1 fully saturated rings. The van der Waals surface area contributed by atoms with Crippen molar-refractivity contribution in [3.05, 3.63) is 59.7 Å². The van der Waals surface area contributed by atoms with E-state index < -0.39 is 17.8 Å². The van der Waals surface area contributed by atoms with E-state index >= 15 is 0 Å². The maximum atomic E-state index is 11.5. The zero-order chi connectivity index (χ0) is 16.8. The van der Waals surface area contributed by atoms with Gasteiger partial charge in [0.2, 0.25) is 0 Å². The van der Waals surface area contributed by atoms with Crippen molar-refractivity contribution < 1.29 is 14.4 Å². The Balaban J connectivity index is 1.98. The van der Waals surface area contributed by atoms with Crippen LogP contribution in [0.5, 0.6) is 0 Å². The third kappa shape index (κ3) is 4.41. The van der Waals surface area contributed by atoms with Crippen molar-refractivity contribution in [1.29, 1.82) is 0 Å². The molecule has 6 nitrogen and oxygen atoms in total. The van der Waals surface area contributed by atoms with Gasteiger partial charge in [-0.05, 0) is 23.8 Å². The van der Waals surface area contributed by atoms with Gasteiger partial charge in [0.05, 0.1) is 0 Å². The molecule has 1 aliphatic rings. The Morgan fingerprint density at radius 3 is 2.04 bits per heavy atom. The zero-order valence-electron chi connectivity index (χ0n) is 12.9. The summed E-state index contributed by atoms with van der Waals surface area (Å²) in [6, 6.07) is 7.21. The highest BCUT2D eigenvalue weighted by atomic mass is 16.2. The number of hydrogen-bond acceptors (Lipinski definition) is 4. The van der Waals surface area contributed by atoms with Gasteiger partial charge in [-0.1, -0.05) is 36.4 Å². The fourth-order valence-corrected chi connectivity index (χ4v) is 1.89. The highest BCUT2D eigenvalue weighted by Crippen LogP contribution is 2.13. The van der Waals surface area contributed by atoms with E-state index in [1.165, 1.54) is 6.08 Å². The van der Waals surface area contributed by atoms with E-state index in [0.717, 1.165) is 11.3 Å². The van der Waals surface area contributed by atoms with Gasteiger partial charge in [-0.25, -0.2) is 4.79 Å². The number of allylic oxidation sites excluding steroid dienone is 4. The van der Waals surface area contributed by atoms with Gasteiger partial charge >= 0.3 is 6.03 Å². The van der Waals surface area contributed by atoms with Gasteiger partial charge in [0.15, 0.2) is 0 Å². The van der Waals surface area contributed by atoms with Crippen LogP contribution in [0.25, 0.3) is 6.08 Å². The number of nitrogens with one attached hydrogen (secondary N) is 2. The second-order valence-electron chi connectivity index (χ2n) is 5.05. The van der Waals surface area contributed by atoms with Crippen molar-refractivity contribution >= 4 is 29.6 Å². The van der Waals surface area contributed by atoms with Crippen LogP contribution < -0.4 is 15.5 Å². The Morgan fingerprint density at radius 1 is 0.870 bits per heavy atom. The lowest BCUT2D eigenvalue weighted by molar-refractivity contribution is -0.124. The third-order valence-electron chi connectivity index (χ3n) is 3.13. The van der Waals surface area contributed by atoms with Crippen molar-refractivity contribution in [1.82, 2.24) is 10.6 Å². The van der Waals surface area contributed by atoms with Crippen LogP contribution in [0.15, 0.2) is 54.1 Å². The molecule has 1 heterocycles. The molecule has 0 atom stereocenters. The van der Waals surface area contributed by atoms with E-state index in [-0.39, 0.29) is 5.57 Å². The molecule has 23 heavy (non-hydrogen) atoms. The molecular formula is C17H17N3O3. The lowest BCUT2D eigenvalue weighted by Crippen LogP contribution is -2.51. The summed E-state index contributed by atoms with van der Waals surface area (Å²) in [5, 5.41) is 4.01. The van der Waals surface area contributed by atoms with E-state index in [1.807, 2.05) is 60.0 Å². The molecule has 0 aromatic heterocycles. The normalized spacial score (nSPS) is 15.0. The van der Waals surface area contributed by atoms with Crippen LogP contribution in [0.4, 0.5) is 10.5 Å². The van der Waals surface area contributed by atoms with Crippen molar-refractivity contribution in [2.24, 2.45) is 0 Å². The van der Waals surface area contributed by atoms with Crippen molar-refractivity contribution in [3.63, 3.8) is 0 Å². The van der Waals surface area contributed by atoms with E-state index in [9.17, 15) is 14.4 Å². The highest BCUT2D eigenvalue weighted by molar-refractivity contribution is 6.29. The summed E-state index contributed by atoms with van der Waals surface area (Å²) in [7, 11) is 3.96. The largest absolute Gasteiger partial charge is 0.378 e. The Labute approximate surface area is 134 Å². The van der Waals surface area contributed by atoms with Crippen LogP contribution in [-0.4, -0.2) is 31.9 Å². The molecule has 1 aliphatic heterocycles. The summed E-state index contributed by atoms with van der Waals surface area (Å²) >= 11 is 0. The number of rotatable bonds is 4. The highest BCUT2D eigenvalue weighted by Gasteiger charge is 2.26. The number of carbonyl (C=O) groups is 3. The quantitative estimate of drug-likeness (QED) is 0.503. The van der Waals surface area contributed by atoms with Crippen LogP contribution in [0.1, 0.15) is 5.56 Å². The minimum absolute atomic E-state index is 0.107. The van der Waals surface area contributed by atoms with E-state index in [4.69, 9.17) is 0 Å². The number of benzene rings is 1. The van der Waals surface area contributed by atoms with Gasteiger partial charge in [0, 0.05) is 19.8 Å². The van der Waals surface area contributed by atoms with Crippen molar-refractivity contribution in [2.75, 3.05) is 19.0 Å². The molecule has 0 aliphatic carbocycles. The molecule has 0 radical (unpaired) electrons. The number of hydrogen-bond donors (Lipinski definition) is 2. The molecule has 1 aromatic carbocycles. The maximum Gasteiger partial charge on any atom is 0.328 e. The van der Waals surface area contributed by atoms with Crippen LogP contribution in [0, 0.1) is 0 Å². The summed E-state index contributed by atoms with van der Waals surface area (Å²) in [6.45, 7) is 0. The van der Waals surface area contributed by atoms with E-state index in [1.54, 1.807) is 18.2 Å². The molecule has 0 spiro atoms. The fraction of sp³-hybridized carbons (Fsp3) is 0.118. The van der Waals surface area contributed by atoms with Crippen LogP contribution in [0.3, 0.4) is 0 Å². The van der Waals surface area contributed by atoms with E-state index in [2.05, 4.69) is 0 Å². The van der Waals surface area contributed by atoms with E-state index in [0.29, 0.717) is 0 Å². The summed E-state index contributed by atoms with van der Waals surface area (Å²) in [5.41, 5.74) is 2.04. The van der Waals surface area contributed by atoms with Gasteiger partial charge in [-0.3, -0.25) is 20.2 Å². The van der Waals surface area contributed by atoms with Gasteiger partial charge in [-0.2, -0.15) is 0 Å². The summed E-state index contributed by atoms with van der Waals surface area (Å²) < 4.78 is 0. The summed E-state index contributed by atoms with van der Waals surface area (Å²) in [6.07, 6.45) is 8.32. The Morgan fingerprint density at radius 2 is 1.48 bits per heavy atom. The minimum Gasteiger partial charge on any atom is -0.378 e. The average molecular weight is 311 g/mol. The SMILES string of the molecule is CN(C)c1ccc(/C=C/C=C/C=C2C(=O)NC(=O)NC2=O)cc1. The molecule has 0 bridgehead atoms. The molecule has 1 saturated heterocycles. The van der Waals surface area contributed by atoms with Crippen molar-refractivity contribution in [3.8, 4) is 0 Å². The van der Waals surface area contributed by atoms with Gasteiger partial charge < -0.3 is 4.90 Å². The average Bonchev–Trinajstić information content (AvgIpc) is 2.49.